The van der Waals surface area contributed by atoms with Gasteiger partial charge in [-0.15, -0.1) is 0 Å². The minimum absolute atomic E-state index is 0.0733. The summed E-state index contributed by atoms with van der Waals surface area (Å²) in [6, 6.07) is 8.09. The molecule has 5 heterocycles. The summed E-state index contributed by atoms with van der Waals surface area (Å²) in [5.41, 5.74) is 2.18. The molecule has 2 N–H and O–H groups in total. The van der Waals surface area contributed by atoms with Crippen molar-refractivity contribution in [2.24, 2.45) is 13.0 Å². The van der Waals surface area contributed by atoms with Gasteiger partial charge in [0, 0.05) is 72.4 Å². The summed E-state index contributed by atoms with van der Waals surface area (Å²) in [5, 5.41) is 25.2. The molecule has 0 aliphatic carbocycles. The van der Waals surface area contributed by atoms with Gasteiger partial charge in [0.25, 0.3) is 0 Å². The zero-order chi connectivity index (χ0) is 29.4. The van der Waals surface area contributed by atoms with Gasteiger partial charge in [0.1, 0.15) is 35.3 Å². The Morgan fingerprint density at radius 3 is 2.57 bits per heavy atom. The lowest BCUT2D eigenvalue weighted by atomic mass is 9.92. The lowest BCUT2D eigenvalue weighted by Crippen LogP contribution is -2.55. The molecule has 9 nitrogen and oxygen atoms in total. The number of aromatic nitrogens is 3. The highest BCUT2D eigenvalue weighted by Crippen LogP contribution is 2.45. The maximum atomic E-state index is 16.9. The standard InChI is InChI=1S/C31H33ClFN7O2/c1-15-11-38(3)23(15)14-42-31-36-29-19(30(37-31)40-12-17-5-6-18(13-40)35-17)9-21(32)27(28(29)33)25-16(2)39(4)22-7-8-24(41)20(10-34)26(22)25/h7-9,15,17-18,23,35,41H,5-6,11-14H2,1-4H3/t15-,17?,18?,23-/m1/s1. The van der Waals surface area contributed by atoms with Crippen molar-refractivity contribution in [3.05, 3.63) is 40.3 Å². The van der Waals surface area contributed by atoms with Crippen LogP contribution in [-0.2, 0) is 7.05 Å². The van der Waals surface area contributed by atoms with Gasteiger partial charge in [-0.05, 0) is 50.9 Å². The van der Waals surface area contributed by atoms with Crippen LogP contribution in [0.3, 0.4) is 0 Å². The first-order valence-corrected chi connectivity index (χ1v) is 14.8. The molecule has 4 aromatic rings. The van der Waals surface area contributed by atoms with Crippen LogP contribution in [-0.4, -0.2) is 76.0 Å². The number of rotatable bonds is 5. The van der Waals surface area contributed by atoms with Crippen LogP contribution < -0.4 is 15.0 Å². The van der Waals surface area contributed by atoms with E-state index in [-0.39, 0.29) is 39.5 Å². The number of halogens is 2. The third-order valence-corrected chi connectivity index (χ3v) is 9.84. The van der Waals surface area contributed by atoms with E-state index in [4.69, 9.17) is 21.3 Å². The second-order valence-corrected chi connectivity index (χ2v) is 12.5. The summed E-state index contributed by atoms with van der Waals surface area (Å²) in [6.45, 7) is 6.94. The molecule has 2 aromatic carbocycles. The summed E-state index contributed by atoms with van der Waals surface area (Å²) < 4.78 is 25.0. The number of aromatic hydroxyl groups is 1. The average Bonchev–Trinajstić information content (AvgIpc) is 3.43. The first kappa shape index (κ1) is 27.2. The Morgan fingerprint density at radius 1 is 1.17 bits per heavy atom. The van der Waals surface area contributed by atoms with Crippen LogP contribution in [0.4, 0.5) is 10.2 Å². The summed E-state index contributed by atoms with van der Waals surface area (Å²) in [7, 11) is 3.90. The fraction of sp³-hybridized carbons (Fsp3) is 0.452. The van der Waals surface area contributed by atoms with Crippen LogP contribution in [0.5, 0.6) is 11.8 Å². The molecular formula is C31H33ClFN7O2. The molecule has 11 heteroatoms. The molecule has 3 aliphatic rings. The predicted molar refractivity (Wildman–Crippen MR) is 161 cm³/mol. The molecule has 3 saturated heterocycles. The first-order valence-electron chi connectivity index (χ1n) is 14.4. The van der Waals surface area contributed by atoms with Gasteiger partial charge in [0.05, 0.1) is 10.5 Å². The van der Waals surface area contributed by atoms with Gasteiger partial charge in [-0.2, -0.15) is 15.2 Å². The van der Waals surface area contributed by atoms with Crippen molar-refractivity contribution in [1.29, 1.82) is 5.26 Å². The third kappa shape index (κ3) is 4.09. The zero-order valence-electron chi connectivity index (χ0n) is 24.1. The minimum atomic E-state index is -0.610. The van der Waals surface area contributed by atoms with Gasteiger partial charge in [-0.1, -0.05) is 18.5 Å². The maximum Gasteiger partial charge on any atom is 0.319 e. The number of hydrogen-bond donors (Lipinski definition) is 2. The average molecular weight is 590 g/mol. The molecule has 7 rings (SSSR count). The fourth-order valence-electron chi connectivity index (χ4n) is 7.19. The highest BCUT2D eigenvalue weighted by molar-refractivity contribution is 6.35. The third-order valence-electron chi connectivity index (χ3n) is 9.54. The molecule has 0 amide bonds. The molecule has 4 atom stereocenters. The number of piperazine rings is 1. The molecule has 218 valence electrons. The number of aryl methyl sites for hydroxylation is 1. The fourth-order valence-corrected chi connectivity index (χ4v) is 7.47. The minimum Gasteiger partial charge on any atom is -0.507 e. The largest absolute Gasteiger partial charge is 0.507 e. The van der Waals surface area contributed by atoms with Crippen molar-refractivity contribution >= 4 is 39.2 Å². The maximum absolute atomic E-state index is 16.9. The number of nitrogens with zero attached hydrogens (tertiary/aromatic N) is 6. The second-order valence-electron chi connectivity index (χ2n) is 12.1. The van der Waals surface area contributed by atoms with Gasteiger partial charge in [-0.3, -0.25) is 4.90 Å². The molecule has 2 bridgehead atoms. The highest BCUT2D eigenvalue weighted by Gasteiger charge is 2.36. The Balaban J connectivity index is 1.43. The lowest BCUT2D eigenvalue weighted by molar-refractivity contribution is 0.0159. The van der Waals surface area contributed by atoms with Gasteiger partial charge in [0.15, 0.2) is 5.82 Å². The molecule has 2 unspecified atom stereocenters. The SMILES string of the molecule is Cc1c(-c2c(Cl)cc3c(N4CC5CCC(C4)N5)nc(OC[C@@H]4[C@H](C)CN4C)nc3c2F)c2c(C#N)c(O)ccc2n1C. The molecule has 0 radical (unpaired) electrons. The van der Waals surface area contributed by atoms with E-state index in [1.54, 1.807) is 12.1 Å². The van der Waals surface area contributed by atoms with Crippen LogP contribution >= 0.6 is 11.6 Å². The number of fused-ring (bicyclic) bond motifs is 4. The number of nitriles is 1. The number of hydrogen-bond acceptors (Lipinski definition) is 8. The molecule has 0 spiro atoms. The molecular weight excluding hydrogens is 557 g/mol. The van der Waals surface area contributed by atoms with Crippen molar-refractivity contribution in [3.8, 4) is 29.0 Å². The molecule has 0 saturated carbocycles. The number of phenols is 1. The van der Waals surface area contributed by atoms with Crippen LogP contribution in [0.15, 0.2) is 18.2 Å². The Kier molecular flexibility index (Phi) is 6.46. The lowest BCUT2D eigenvalue weighted by Gasteiger charge is -2.43. The quantitative estimate of drug-likeness (QED) is 0.344. The summed E-state index contributed by atoms with van der Waals surface area (Å²) in [5.74, 6) is 0.320. The Labute approximate surface area is 248 Å². The summed E-state index contributed by atoms with van der Waals surface area (Å²) in [4.78, 5) is 13.9. The number of nitrogens with one attached hydrogen (secondary N) is 1. The van der Waals surface area contributed by atoms with E-state index < -0.39 is 5.82 Å². The first-order chi connectivity index (χ1) is 20.2. The van der Waals surface area contributed by atoms with E-state index in [1.807, 2.05) is 18.5 Å². The van der Waals surface area contributed by atoms with E-state index in [1.165, 1.54) is 6.07 Å². The highest BCUT2D eigenvalue weighted by atomic mass is 35.5. The molecule has 3 aliphatic heterocycles. The van der Waals surface area contributed by atoms with E-state index in [0.717, 1.165) is 32.5 Å². The second kappa shape index (κ2) is 9.97. The van der Waals surface area contributed by atoms with E-state index >= 15 is 4.39 Å². The Hall–Kier alpha value is -3.65. The van der Waals surface area contributed by atoms with Gasteiger partial charge >= 0.3 is 6.01 Å². The normalized spacial score (nSPS) is 23.9. The number of anilines is 1. The van der Waals surface area contributed by atoms with E-state index in [0.29, 0.717) is 58.0 Å². The van der Waals surface area contributed by atoms with E-state index in [2.05, 4.69) is 40.1 Å². The topological polar surface area (TPSA) is 102 Å². The van der Waals surface area contributed by atoms with Crippen molar-refractivity contribution in [3.63, 3.8) is 0 Å². The van der Waals surface area contributed by atoms with Crippen molar-refractivity contribution in [2.75, 3.05) is 38.2 Å². The predicted octanol–water partition coefficient (Wildman–Crippen LogP) is 4.74. The van der Waals surface area contributed by atoms with Crippen LogP contribution in [0.25, 0.3) is 32.9 Å². The molecule has 3 fully saturated rings. The van der Waals surface area contributed by atoms with E-state index in [9.17, 15) is 10.4 Å². The number of ether oxygens (including phenoxy) is 1. The van der Waals surface area contributed by atoms with Gasteiger partial charge in [0.2, 0.25) is 0 Å². The van der Waals surface area contributed by atoms with Gasteiger partial charge in [-0.25, -0.2) is 4.39 Å². The van der Waals surface area contributed by atoms with Crippen molar-refractivity contribution < 1.29 is 14.2 Å². The monoisotopic (exact) mass is 589 g/mol. The van der Waals surface area contributed by atoms with Crippen molar-refractivity contribution in [1.82, 2.24) is 24.8 Å². The van der Waals surface area contributed by atoms with Crippen LogP contribution in [0.1, 0.15) is 31.0 Å². The van der Waals surface area contributed by atoms with Crippen molar-refractivity contribution in [2.45, 2.75) is 44.8 Å². The molecule has 42 heavy (non-hydrogen) atoms. The Bertz CT molecular complexity index is 1780. The number of phenolic OH excluding ortho intramolecular Hbond substituents is 1. The van der Waals surface area contributed by atoms with Crippen LogP contribution in [0.2, 0.25) is 5.02 Å². The number of likely N-dealkylation sites (tertiary alicyclic amines) is 1. The number of likely N-dealkylation sites (N-methyl/N-ethyl adjacent to an activating group) is 1. The summed E-state index contributed by atoms with van der Waals surface area (Å²) in [6.07, 6.45) is 2.18. The smallest absolute Gasteiger partial charge is 0.319 e. The number of benzene rings is 2. The zero-order valence-corrected chi connectivity index (χ0v) is 24.8. The summed E-state index contributed by atoms with van der Waals surface area (Å²) >= 11 is 6.92. The van der Waals surface area contributed by atoms with Gasteiger partial charge < -0.3 is 24.6 Å². The Morgan fingerprint density at radius 2 is 1.90 bits per heavy atom. The molecule has 2 aromatic heterocycles. The van der Waals surface area contributed by atoms with Crippen LogP contribution in [0, 0.1) is 30.0 Å².